The number of hydrogen-bond acceptors (Lipinski definition) is 4. The molecule has 0 aromatic heterocycles. The molecule has 0 N–H and O–H groups in total. The predicted octanol–water partition coefficient (Wildman–Crippen LogP) is 3.39. The van der Waals surface area contributed by atoms with E-state index in [2.05, 4.69) is 4.99 Å². The van der Waals surface area contributed by atoms with Crippen molar-refractivity contribution in [3.05, 3.63) is 71.8 Å². The van der Waals surface area contributed by atoms with E-state index in [-0.39, 0.29) is 5.78 Å². The summed E-state index contributed by atoms with van der Waals surface area (Å²) in [5.74, 6) is 1.27. The van der Waals surface area contributed by atoms with Crippen molar-refractivity contribution < 1.29 is 14.3 Å². The molecule has 2 aromatic rings. The number of hydrogen-bond donors (Lipinski definition) is 0. The number of carbonyl (C=O) groups excluding carboxylic acids is 1. The zero-order chi connectivity index (χ0) is 15.9. The van der Waals surface area contributed by atoms with Gasteiger partial charge in [0.05, 0.1) is 6.54 Å². The number of rotatable bonds is 6. The van der Waals surface area contributed by atoms with Crippen LogP contribution in [0, 0.1) is 0 Å². The number of ketones is 1. The molecule has 1 aliphatic heterocycles. The Morgan fingerprint density at radius 2 is 1.91 bits per heavy atom. The van der Waals surface area contributed by atoms with Crippen molar-refractivity contribution >= 4 is 17.8 Å². The molecule has 0 spiro atoms. The summed E-state index contributed by atoms with van der Waals surface area (Å²) in [5.41, 5.74) is 1.62. The second-order valence-corrected chi connectivity index (χ2v) is 5.05. The standard InChI is InChI=1S/C19H17NO3/c21-18(11-6-15-4-2-1-3-5-15)16-7-9-17(10-8-16)23-14-19-20-12-13-22-19/h1-11H,12-14H2/b11-6+. The topological polar surface area (TPSA) is 47.9 Å². The molecule has 116 valence electrons. The maximum Gasteiger partial charge on any atom is 0.222 e. The normalized spacial score (nSPS) is 13.7. The number of nitrogens with zero attached hydrogens (tertiary/aromatic N) is 1. The Kier molecular flexibility index (Phi) is 4.84. The van der Waals surface area contributed by atoms with Gasteiger partial charge in [0.25, 0.3) is 0 Å². The van der Waals surface area contributed by atoms with Crippen molar-refractivity contribution in [1.29, 1.82) is 0 Å². The van der Waals surface area contributed by atoms with Gasteiger partial charge >= 0.3 is 0 Å². The van der Waals surface area contributed by atoms with Crippen LogP contribution in [0.15, 0.2) is 65.7 Å². The van der Waals surface area contributed by atoms with Crippen LogP contribution in [-0.2, 0) is 4.74 Å². The van der Waals surface area contributed by atoms with Gasteiger partial charge in [-0.05, 0) is 35.9 Å². The summed E-state index contributed by atoms with van der Waals surface area (Å²) in [6, 6.07) is 16.8. The first kappa shape index (κ1) is 15.0. The molecule has 0 atom stereocenters. The van der Waals surface area contributed by atoms with E-state index in [1.165, 1.54) is 0 Å². The maximum atomic E-state index is 12.1. The number of ether oxygens (including phenoxy) is 2. The summed E-state index contributed by atoms with van der Waals surface area (Å²) in [7, 11) is 0. The zero-order valence-corrected chi connectivity index (χ0v) is 12.6. The Morgan fingerprint density at radius 1 is 1.13 bits per heavy atom. The quantitative estimate of drug-likeness (QED) is 0.607. The van der Waals surface area contributed by atoms with Crippen LogP contribution >= 0.6 is 0 Å². The molecule has 1 aliphatic rings. The number of aliphatic imine (C=N–C) groups is 1. The van der Waals surface area contributed by atoms with Crippen molar-refractivity contribution in [2.24, 2.45) is 4.99 Å². The van der Waals surface area contributed by atoms with Crippen molar-refractivity contribution in [1.82, 2.24) is 0 Å². The molecular weight excluding hydrogens is 290 g/mol. The minimum absolute atomic E-state index is 0.0381. The van der Waals surface area contributed by atoms with Crippen LogP contribution in [0.2, 0.25) is 0 Å². The third-order valence-electron chi connectivity index (χ3n) is 3.38. The fourth-order valence-corrected chi connectivity index (χ4v) is 2.16. The molecule has 0 saturated heterocycles. The summed E-state index contributed by atoms with van der Waals surface area (Å²) in [4.78, 5) is 16.3. The summed E-state index contributed by atoms with van der Waals surface area (Å²) < 4.78 is 10.8. The summed E-state index contributed by atoms with van der Waals surface area (Å²) in [6.07, 6.45) is 3.38. The molecule has 0 fully saturated rings. The van der Waals surface area contributed by atoms with Crippen LogP contribution in [0.1, 0.15) is 15.9 Å². The van der Waals surface area contributed by atoms with Crippen LogP contribution in [0.5, 0.6) is 5.75 Å². The second-order valence-electron chi connectivity index (χ2n) is 5.05. The van der Waals surface area contributed by atoms with Crippen molar-refractivity contribution in [3.8, 4) is 5.75 Å². The lowest BCUT2D eigenvalue weighted by Crippen LogP contribution is -2.11. The average molecular weight is 307 g/mol. The fourth-order valence-electron chi connectivity index (χ4n) is 2.16. The minimum atomic E-state index is -0.0381. The van der Waals surface area contributed by atoms with Gasteiger partial charge in [0, 0.05) is 5.56 Å². The summed E-state index contributed by atoms with van der Waals surface area (Å²) in [5, 5.41) is 0. The molecule has 0 bridgehead atoms. The maximum absolute atomic E-state index is 12.1. The number of allylic oxidation sites excluding steroid dienone is 1. The molecule has 0 radical (unpaired) electrons. The molecule has 1 heterocycles. The Balaban J connectivity index is 1.57. The number of carbonyl (C=O) groups is 1. The zero-order valence-electron chi connectivity index (χ0n) is 12.6. The highest BCUT2D eigenvalue weighted by Crippen LogP contribution is 2.14. The molecule has 3 rings (SSSR count). The highest BCUT2D eigenvalue weighted by atomic mass is 16.5. The van der Waals surface area contributed by atoms with E-state index in [0.717, 1.165) is 5.56 Å². The highest BCUT2D eigenvalue weighted by Gasteiger charge is 2.08. The van der Waals surface area contributed by atoms with Gasteiger partial charge in [-0.1, -0.05) is 36.4 Å². The van der Waals surface area contributed by atoms with E-state index in [0.29, 0.717) is 37.0 Å². The van der Waals surface area contributed by atoms with Crippen LogP contribution in [-0.4, -0.2) is 31.4 Å². The summed E-state index contributed by atoms with van der Waals surface area (Å²) in [6.45, 7) is 1.64. The largest absolute Gasteiger partial charge is 0.484 e. The Bertz CT molecular complexity index is 718. The SMILES string of the molecule is O=C(/C=C/c1ccccc1)c1ccc(OCC2=NCCO2)cc1. The second kappa shape index (κ2) is 7.40. The highest BCUT2D eigenvalue weighted by molar-refractivity contribution is 6.06. The van der Waals surface area contributed by atoms with Crippen LogP contribution in [0.4, 0.5) is 0 Å². The first-order chi connectivity index (χ1) is 11.3. The first-order valence-corrected chi connectivity index (χ1v) is 7.48. The van der Waals surface area contributed by atoms with E-state index < -0.39 is 0 Å². The Morgan fingerprint density at radius 3 is 2.61 bits per heavy atom. The molecular formula is C19H17NO3. The van der Waals surface area contributed by atoms with E-state index in [4.69, 9.17) is 9.47 Å². The van der Waals surface area contributed by atoms with Gasteiger partial charge in [0.2, 0.25) is 5.90 Å². The van der Waals surface area contributed by atoms with Crippen LogP contribution in [0.25, 0.3) is 6.08 Å². The first-order valence-electron chi connectivity index (χ1n) is 7.48. The molecule has 0 aliphatic carbocycles. The number of benzene rings is 2. The van der Waals surface area contributed by atoms with E-state index >= 15 is 0 Å². The third-order valence-corrected chi connectivity index (χ3v) is 3.38. The lowest BCUT2D eigenvalue weighted by atomic mass is 10.1. The lowest BCUT2D eigenvalue weighted by Gasteiger charge is -2.06. The summed E-state index contributed by atoms with van der Waals surface area (Å²) >= 11 is 0. The van der Waals surface area contributed by atoms with Gasteiger partial charge < -0.3 is 9.47 Å². The van der Waals surface area contributed by atoms with Gasteiger partial charge in [0.15, 0.2) is 12.4 Å². The molecule has 0 saturated carbocycles. The van der Waals surface area contributed by atoms with Crippen LogP contribution in [0.3, 0.4) is 0 Å². The molecule has 4 nitrogen and oxygen atoms in total. The van der Waals surface area contributed by atoms with E-state index in [9.17, 15) is 4.79 Å². The van der Waals surface area contributed by atoms with Gasteiger partial charge in [-0.25, -0.2) is 4.99 Å². The Labute approximate surface area is 135 Å². The Hall–Kier alpha value is -2.88. The van der Waals surface area contributed by atoms with Crippen molar-refractivity contribution in [2.45, 2.75) is 0 Å². The minimum Gasteiger partial charge on any atom is -0.484 e. The molecule has 2 aromatic carbocycles. The van der Waals surface area contributed by atoms with E-state index in [1.807, 2.05) is 36.4 Å². The van der Waals surface area contributed by atoms with Gasteiger partial charge in [-0.2, -0.15) is 0 Å². The lowest BCUT2D eigenvalue weighted by molar-refractivity contribution is 0.104. The van der Waals surface area contributed by atoms with E-state index in [1.54, 1.807) is 30.3 Å². The van der Waals surface area contributed by atoms with Crippen molar-refractivity contribution in [3.63, 3.8) is 0 Å². The van der Waals surface area contributed by atoms with Gasteiger partial charge in [0.1, 0.15) is 12.4 Å². The third kappa shape index (κ3) is 4.30. The average Bonchev–Trinajstić information content (AvgIpc) is 3.13. The molecule has 4 heteroatoms. The van der Waals surface area contributed by atoms with Gasteiger partial charge in [-0.3, -0.25) is 4.79 Å². The van der Waals surface area contributed by atoms with Crippen molar-refractivity contribution in [2.75, 3.05) is 19.8 Å². The molecule has 0 amide bonds. The van der Waals surface area contributed by atoms with Gasteiger partial charge in [-0.15, -0.1) is 0 Å². The van der Waals surface area contributed by atoms with Crippen LogP contribution < -0.4 is 4.74 Å². The fraction of sp³-hybridized carbons (Fsp3) is 0.158. The predicted molar refractivity (Wildman–Crippen MR) is 90.0 cm³/mol. The monoisotopic (exact) mass is 307 g/mol. The molecule has 23 heavy (non-hydrogen) atoms. The smallest absolute Gasteiger partial charge is 0.222 e. The molecule has 0 unspecified atom stereocenters.